The molecule has 0 atom stereocenters. The number of imidazole rings is 1. The zero-order valence-corrected chi connectivity index (χ0v) is 13.2. The summed E-state index contributed by atoms with van der Waals surface area (Å²) in [7, 11) is 0. The number of carboxylic acids is 1. The zero-order valence-electron chi connectivity index (χ0n) is 12.4. The quantitative estimate of drug-likeness (QED) is 0.782. The molecule has 0 aliphatic rings. The first-order chi connectivity index (χ1) is 10.4. The normalized spacial score (nSPS) is 11.5. The Labute approximate surface area is 130 Å². The molecule has 114 valence electrons. The average Bonchev–Trinajstić information content (AvgIpc) is 2.98. The van der Waals surface area contributed by atoms with Gasteiger partial charge in [0, 0.05) is 11.8 Å². The molecule has 0 saturated heterocycles. The second-order valence-corrected chi connectivity index (χ2v) is 6.50. The van der Waals surface area contributed by atoms with Gasteiger partial charge in [-0.25, -0.2) is 14.2 Å². The number of benzene rings is 1. The number of carbonyl (C=O) groups is 1. The van der Waals surface area contributed by atoms with E-state index in [1.54, 1.807) is 19.1 Å². The molecule has 6 heteroatoms. The number of carboxylic acid groups (broad SMARTS) is 1. The van der Waals surface area contributed by atoms with Crippen LogP contribution in [0.15, 0.2) is 24.4 Å². The minimum absolute atomic E-state index is 0.0665. The van der Waals surface area contributed by atoms with Gasteiger partial charge in [-0.3, -0.25) is 4.40 Å². The van der Waals surface area contributed by atoms with Gasteiger partial charge >= 0.3 is 5.97 Å². The molecule has 0 saturated carbocycles. The highest BCUT2D eigenvalue weighted by Crippen LogP contribution is 2.32. The molecule has 2 aromatic heterocycles. The van der Waals surface area contributed by atoms with E-state index in [0.717, 1.165) is 22.6 Å². The molecule has 0 aliphatic carbocycles. The molecule has 1 aromatic carbocycles. The predicted octanol–water partition coefficient (Wildman–Crippen LogP) is 4.33. The third-order valence-electron chi connectivity index (χ3n) is 3.55. The highest BCUT2D eigenvalue weighted by molar-refractivity contribution is 7.19. The van der Waals surface area contributed by atoms with E-state index in [9.17, 15) is 14.3 Å². The van der Waals surface area contributed by atoms with E-state index in [1.807, 2.05) is 24.4 Å². The van der Waals surface area contributed by atoms with Crippen LogP contribution in [-0.4, -0.2) is 20.5 Å². The van der Waals surface area contributed by atoms with Crippen LogP contribution in [0.4, 0.5) is 4.39 Å². The first kappa shape index (κ1) is 14.7. The Hall–Kier alpha value is -2.21. The monoisotopic (exact) mass is 318 g/mol. The van der Waals surface area contributed by atoms with Gasteiger partial charge < -0.3 is 5.11 Å². The zero-order chi connectivity index (χ0) is 16.0. The molecule has 3 rings (SSSR count). The molecule has 22 heavy (non-hydrogen) atoms. The Morgan fingerprint density at radius 3 is 2.73 bits per heavy atom. The summed E-state index contributed by atoms with van der Waals surface area (Å²) in [5.41, 5.74) is 2.84. The number of rotatable bonds is 3. The van der Waals surface area contributed by atoms with Gasteiger partial charge in [-0.15, -0.1) is 0 Å². The molecule has 0 spiro atoms. The number of thiazole rings is 1. The fraction of sp³-hybridized carbons (Fsp3) is 0.250. The number of aromatic nitrogens is 2. The van der Waals surface area contributed by atoms with Gasteiger partial charge in [-0.2, -0.15) is 0 Å². The molecule has 0 radical (unpaired) electrons. The maximum absolute atomic E-state index is 13.4. The third-order valence-corrected chi connectivity index (χ3v) is 4.61. The van der Waals surface area contributed by atoms with E-state index in [1.165, 1.54) is 6.07 Å². The maximum atomic E-state index is 13.4. The number of halogens is 1. The van der Waals surface area contributed by atoms with Crippen molar-refractivity contribution in [3.05, 3.63) is 46.3 Å². The van der Waals surface area contributed by atoms with Crippen LogP contribution in [0.2, 0.25) is 0 Å². The summed E-state index contributed by atoms with van der Waals surface area (Å²) in [5.74, 6) is -1.11. The largest absolute Gasteiger partial charge is 0.477 e. The molecule has 3 aromatic rings. The summed E-state index contributed by atoms with van der Waals surface area (Å²) < 4.78 is 15.2. The van der Waals surface area contributed by atoms with Crippen molar-refractivity contribution in [1.82, 2.24) is 9.38 Å². The third kappa shape index (κ3) is 2.29. The van der Waals surface area contributed by atoms with Gasteiger partial charge in [0.05, 0.1) is 11.4 Å². The molecule has 0 fully saturated rings. The first-order valence-corrected chi connectivity index (χ1v) is 7.71. The van der Waals surface area contributed by atoms with Crippen molar-refractivity contribution in [2.24, 2.45) is 0 Å². The minimum Gasteiger partial charge on any atom is -0.477 e. The maximum Gasteiger partial charge on any atom is 0.347 e. The van der Waals surface area contributed by atoms with Crippen LogP contribution in [-0.2, 0) is 0 Å². The topological polar surface area (TPSA) is 54.6 Å². The molecule has 4 nitrogen and oxygen atoms in total. The van der Waals surface area contributed by atoms with Crippen molar-refractivity contribution in [3.8, 4) is 11.3 Å². The van der Waals surface area contributed by atoms with Gasteiger partial charge in [-0.05, 0) is 36.6 Å². The smallest absolute Gasteiger partial charge is 0.347 e. The highest BCUT2D eigenvalue weighted by atomic mass is 32.1. The number of hydrogen-bond donors (Lipinski definition) is 1. The van der Waals surface area contributed by atoms with Gasteiger partial charge in [-0.1, -0.05) is 25.2 Å². The average molecular weight is 318 g/mol. The van der Waals surface area contributed by atoms with Crippen molar-refractivity contribution < 1.29 is 14.3 Å². The SMILES string of the molecule is Cc1cc(-c2cn3c(C(C)C)c(C(=O)O)sc3n2)ccc1F. The number of aromatic carboxylic acids is 1. The highest BCUT2D eigenvalue weighted by Gasteiger charge is 2.22. The molecule has 2 heterocycles. The summed E-state index contributed by atoms with van der Waals surface area (Å²) in [6.07, 6.45) is 1.82. The summed E-state index contributed by atoms with van der Waals surface area (Å²) in [5, 5.41) is 9.31. The van der Waals surface area contributed by atoms with Crippen LogP contribution in [0.1, 0.15) is 40.7 Å². The van der Waals surface area contributed by atoms with E-state index in [4.69, 9.17) is 0 Å². The van der Waals surface area contributed by atoms with E-state index >= 15 is 0 Å². The number of nitrogens with zero attached hydrogens (tertiary/aromatic N) is 2. The first-order valence-electron chi connectivity index (χ1n) is 6.90. The predicted molar refractivity (Wildman–Crippen MR) is 84.2 cm³/mol. The second-order valence-electron chi connectivity index (χ2n) is 5.52. The van der Waals surface area contributed by atoms with E-state index < -0.39 is 5.97 Å². The van der Waals surface area contributed by atoms with E-state index in [0.29, 0.717) is 21.1 Å². The van der Waals surface area contributed by atoms with E-state index in [-0.39, 0.29) is 11.7 Å². The van der Waals surface area contributed by atoms with Gasteiger partial charge in [0.15, 0.2) is 4.96 Å². The summed E-state index contributed by atoms with van der Waals surface area (Å²) in [6, 6.07) is 4.85. The van der Waals surface area contributed by atoms with Gasteiger partial charge in [0.1, 0.15) is 10.7 Å². The molecule has 1 N–H and O–H groups in total. The lowest BCUT2D eigenvalue weighted by atomic mass is 10.1. The van der Waals surface area contributed by atoms with Crippen LogP contribution in [0.5, 0.6) is 0 Å². The lowest BCUT2D eigenvalue weighted by Crippen LogP contribution is -2.02. The van der Waals surface area contributed by atoms with Gasteiger partial charge in [0.25, 0.3) is 0 Å². The molecular formula is C16H15FN2O2S. The molecule has 0 amide bonds. The Kier molecular flexibility index (Phi) is 3.48. The fourth-order valence-electron chi connectivity index (χ4n) is 2.50. The molecule has 0 aliphatic heterocycles. The summed E-state index contributed by atoms with van der Waals surface area (Å²) >= 11 is 1.16. The Bertz CT molecular complexity index is 880. The molecular weight excluding hydrogens is 303 g/mol. The van der Waals surface area contributed by atoms with Crippen LogP contribution in [0.25, 0.3) is 16.2 Å². The van der Waals surface area contributed by atoms with Crippen molar-refractivity contribution in [1.29, 1.82) is 0 Å². The van der Waals surface area contributed by atoms with Crippen LogP contribution in [0.3, 0.4) is 0 Å². The van der Waals surface area contributed by atoms with Crippen molar-refractivity contribution in [3.63, 3.8) is 0 Å². The van der Waals surface area contributed by atoms with Crippen molar-refractivity contribution in [2.75, 3.05) is 0 Å². The molecule has 0 unspecified atom stereocenters. The lowest BCUT2D eigenvalue weighted by molar-refractivity contribution is 0.0700. The van der Waals surface area contributed by atoms with E-state index in [2.05, 4.69) is 4.98 Å². The van der Waals surface area contributed by atoms with Crippen molar-refractivity contribution in [2.45, 2.75) is 26.7 Å². The van der Waals surface area contributed by atoms with Gasteiger partial charge in [0.2, 0.25) is 0 Å². The Balaban J connectivity index is 2.18. The van der Waals surface area contributed by atoms with Crippen LogP contribution in [0, 0.1) is 12.7 Å². The summed E-state index contributed by atoms with van der Waals surface area (Å²) in [6.45, 7) is 5.62. The Morgan fingerprint density at radius 1 is 1.41 bits per heavy atom. The van der Waals surface area contributed by atoms with Crippen LogP contribution < -0.4 is 0 Å². The number of aryl methyl sites for hydroxylation is 1. The number of fused-ring (bicyclic) bond motifs is 1. The Morgan fingerprint density at radius 2 is 2.14 bits per heavy atom. The standard InChI is InChI=1S/C16H15FN2O2S/c1-8(2)13-14(15(20)21)22-16-18-12(7-19(13)16)10-4-5-11(17)9(3)6-10/h4-8H,1-3H3,(H,20,21). The fourth-order valence-corrected chi connectivity index (χ4v) is 3.60. The second kappa shape index (κ2) is 5.21. The number of hydrogen-bond acceptors (Lipinski definition) is 3. The summed E-state index contributed by atoms with van der Waals surface area (Å²) in [4.78, 5) is 16.8. The lowest BCUT2D eigenvalue weighted by Gasteiger charge is -2.05. The minimum atomic E-state index is -0.932. The van der Waals surface area contributed by atoms with Crippen molar-refractivity contribution >= 4 is 22.3 Å². The molecule has 0 bridgehead atoms. The van der Waals surface area contributed by atoms with Crippen LogP contribution >= 0.6 is 11.3 Å².